The molecule has 0 N–H and O–H groups in total. The van der Waals surface area contributed by atoms with Gasteiger partial charge in [-0.2, -0.15) is 4.80 Å². The van der Waals surface area contributed by atoms with Crippen LogP contribution in [0.1, 0.15) is 43.8 Å². The van der Waals surface area contributed by atoms with Crippen LogP contribution in [0.2, 0.25) is 0 Å². The molecular weight excluding hydrogens is 214 g/mol. The highest BCUT2D eigenvalue weighted by Gasteiger charge is 2.44. The van der Waals surface area contributed by atoms with Gasteiger partial charge in [-0.15, -0.1) is 10.2 Å². The van der Waals surface area contributed by atoms with Crippen LogP contribution >= 0.6 is 0 Å². The number of tetrazole rings is 1. The number of alkyl halides is 2. The van der Waals surface area contributed by atoms with E-state index in [0.29, 0.717) is 18.8 Å². The second-order valence-corrected chi connectivity index (χ2v) is 4.83. The predicted octanol–water partition coefficient (Wildman–Crippen LogP) is 1.99. The summed E-state index contributed by atoms with van der Waals surface area (Å²) >= 11 is 0. The summed E-state index contributed by atoms with van der Waals surface area (Å²) in [6, 6.07) is 0. The Labute approximate surface area is 92.0 Å². The molecule has 6 heteroatoms. The molecule has 1 atom stereocenters. The molecule has 0 radical (unpaired) electrons. The van der Waals surface area contributed by atoms with E-state index in [9.17, 15) is 8.78 Å². The molecular formula is C10H14F2N4. The molecule has 0 aromatic carbocycles. The zero-order chi connectivity index (χ0) is 11.2. The first-order valence-electron chi connectivity index (χ1n) is 5.81. The lowest BCUT2D eigenvalue weighted by atomic mass is 10.1. The van der Waals surface area contributed by atoms with E-state index in [2.05, 4.69) is 15.4 Å². The minimum Gasteiger partial charge on any atom is -0.207 e. The van der Waals surface area contributed by atoms with Crippen LogP contribution in [0, 0.1) is 5.92 Å². The molecule has 0 bridgehead atoms. The monoisotopic (exact) mass is 228 g/mol. The summed E-state index contributed by atoms with van der Waals surface area (Å²) in [7, 11) is 0. The van der Waals surface area contributed by atoms with Gasteiger partial charge in [-0.25, -0.2) is 8.78 Å². The van der Waals surface area contributed by atoms with Gasteiger partial charge in [-0.3, -0.25) is 0 Å². The third-order valence-corrected chi connectivity index (χ3v) is 3.45. The number of hydrogen-bond donors (Lipinski definition) is 0. The van der Waals surface area contributed by atoms with Crippen molar-refractivity contribution in [1.29, 1.82) is 0 Å². The summed E-state index contributed by atoms with van der Waals surface area (Å²) in [5.74, 6) is -2.01. The fourth-order valence-electron chi connectivity index (χ4n) is 2.26. The van der Waals surface area contributed by atoms with Gasteiger partial charge in [0.05, 0.1) is 6.54 Å². The maximum atomic E-state index is 13.4. The van der Waals surface area contributed by atoms with Crippen molar-refractivity contribution in [3.63, 3.8) is 0 Å². The number of aromatic nitrogens is 4. The maximum Gasteiger partial charge on any atom is 0.252 e. The fraction of sp³-hybridized carbons (Fsp3) is 0.900. The van der Waals surface area contributed by atoms with Crippen LogP contribution in [0.3, 0.4) is 0 Å². The van der Waals surface area contributed by atoms with E-state index < -0.39 is 11.8 Å². The lowest BCUT2D eigenvalue weighted by Gasteiger charge is -2.17. The summed E-state index contributed by atoms with van der Waals surface area (Å²) in [5, 5.41) is 11.9. The summed E-state index contributed by atoms with van der Waals surface area (Å²) in [4.78, 5) is 1.34. The summed E-state index contributed by atoms with van der Waals surface area (Å²) < 4.78 is 26.8. The number of halogens is 2. The van der Waals surface area contributed by atoms with Gasteiger partial charge < -0.3 is 0 Å². The second-order valence-electron chi connectivity index (χ2n) is 4.83. The Morgan fingerprint density at radius 2 is 2.12 bits per heavy atom. The fourth-order valence-corrected chi connectivity index (χ4v) is 2.26. The van der Waals surface area contributed by atoms with Crippen LogP contribution in [0.25, 0.3) is 0 Å². The average Bonchev–Trinajstić information content (AvgIpc) is 2.89. The van der Waals surface area contributed by atoms with Crippen LogP contribution in [0.15, 0.2) is 0 Å². The Balaban J connectivity index is 1.68. The van der Waals surface area contributed by atoms with E-state index in [0.717, 1.165) is 18.7 Å². The number of nitrogens with zero attached hydrogens (tertiary/aromatic N) is 4. The molecule has 0 aliphatic heterocycles. The minimum atomic E-state index is -2.55. The highest BCUT2D eigenvalue weighted by Crippen LogP contribution is 2.41. The summed E-state index contributed by atoms with van der Waals surface area (Å²) in [6.07, 6.45) is 3.37. The molecule has 1 aromatic heterocycles. The van der Waals surface area contributed by atoms with Crippen LogP contribution in [0.5, 0.6) is 0 Å². The van der Waals surface area contributed by atoms with Gasteiger partial charge in [0.25, 0.3) is 5.92 Å². The van der Waals surface area contributed by atoms with Gasteiger partial charge in [0.15, 0.2) is 5.82 Å². The molecule has 0 saturated heterocycles. The van der Waals surface area contributed by atoms with Crippen molar-refractivity contribution in [1.82, 2.24) is 20.2 Å². The van der Waals surface area contributed by atoms with Gasteiger partial charge in [0.2, 0.25) is 0 Å². The molecule has 88 valence electrons. The van der Waals surface area contributed by atoms with Crippen molar-refractivity contribution < 1.29 is 8.78 Å². The van der Waals surface area contributed by atoms with E-state index in [-0.39, 0.29) is 13.0 Å². The van der Waals surface area contributed by atoms with E-state index in [1.165, 1.54) is 4.80 Å². The third kappa shape index (κ3) is 1.81. The molecule has 2 aliphatic rings. The average molecular weight is 228 g/mol. The molecule has 0 spiro atoms. The van der Waals surface area contributed by atoms with Crippen LogP contribution in [-0.2, 0) is 6.54 Å². The molecule has 4 nitrogen and oxygen atoms in total. The Morgan fingerprint density at radius 1 is 1.31 bits per heavy atom. The lowest BCUT2D eigenvalue weighted by molar-refractivity contribution is -0.0447. The molecule has 1 heterocycles. The molecule has 0 amide bonds. The van der Waals surface area contributed by atoms with Gasteiger partial charge in [-0.1, -0.05) is 0 Å². The molecule has 16 heavy (non-hydrogen) atoms. The molecule has 3 rings (SSSR count). The molecule has 2 fully saturated rings. The van der Waals surface area contributed by atoms with Gasteiger partial charge in [0, 0.05) is 18.3 Å². The van der Waals surface area contributed by atoms with Crippen molar-refractivity contribution >= 4 is 0 Å². The van der Waals surface area contributed by atoms with Gasteiger partial charge >= 0.3 is 0 Å². The summed E-state index contributed by atoms with van der Waals surface area (Å²) in [6.45, 7) is 0.201. The van der Waals surface area contributed by atoms with E-state index >= 15 is 0 Å². The third-order valence-electron chi connectivity index (χ3n) is 3.45. The van der Waals surface area contributed by atoms with Crippen molar-refractivity contribution in [3.8, 4) is 0 Å². The SMILES string of the molecule is FC1(F)CCCC1Cn1nnc(C2CC2)n1. The smallest absolute Gasteiger partial charge is 0.207 e. The molecule has 1 aromatic rings. The van der Waals surface area contributed by atoms with Crippen LogP contribution in [-0.4, -0.2) is 26.1 Å². The zero-order valence-electron chi connectivity index (χ0n) is 8.94. The predicted molar refractivity (Wildman–Crippen MR) is 52.1 cm³/mol. The number of rotatable bonds is 3. The first-order valence-corrected chi connectivity index (χ1v) is 5.81. The zero-order valence-corrected chi connectivity index (χ0v) is 8.94. The van der Waals surface area contributed by atoms with Crippen molar-refractivity contribution in [3.05, 3.63) is 5.82 Å². The van der Waals surface area contributed by atoms with Crippen molar-refractivity contribution in [2.24, 2.45) is 5.92 Å². The van der Waals surface area contributed by atoms with E-state index in [4.69, 9.17) is 0 Å². The molecule has 2 saturated carbocycles. The first-order chi connectivity index (χ1) is 7.65. The Morgan fingerprint density at radius 3 is 2.75 bits per heavy atom. The molecule has 1 unspecified atom stereocenters. The van der Waals surface area contributed by atoms with Crippen LogP contribution < -0.4 is 0 Å². The van der Waals surface area contributed by atoms with E-state index in [1.807, 2.05) is 0 Å². The van der Waals surface area contributed by atoms with E-state index in [1.54, 1.807) is 0 Å². The standard InChI is InChI=1S/C10H14F2N4/c11-10(12)5-1-2-8(10)6-16-14-9(13-15-16)7-3-4-7/h7-8H,1-6H2. The Bertz CT molecular complexity index is 386. The Hall–Kier alpha value is -1.07. The largest absolute Gasteiger partial charge is 0.252 e. The summed E-state index contributed by atoms with van der Waals surface area (Å²) in [5.41, 5.74) is 0. The minimum absolute atomic E-state index is 0.00183. The van der Waals surface area contributed by atoms with Gasteiger partial charge in [-0.05, 0) is 30.9 Å². The normalized spacial score (nSPS) is 28.5. The maximum absolute atomic E-state index is 13.4. The molecule has 2 aliphatic carbocycles. The van der Waals surface area contributed by atoms with Crippen LogP contribution in [0.4, 0.5) is 8.78 Å². The second kappa shape index (κ2) is 3.46. The number of hydrogen-bond acceptors (Lipinski definition) is 3. The topological polar surface area (TPSA) is 43.6 Å². The highest BCUT2D eigenvalue weighted by atomic mass is 19.3. The van der Waals surface area contributed by atoms with Gasteiger partial charge in [0.1, 0.15) is 0 Å². The highest BCUT2D eigenvalue weighted by molar-refractivity contribution is 5.00. The lowest BCUT2D eigenvalue weighted by Crippen LogP contribution is -2.26. The first kappa shape index (κ1) is 10.1. The van der Waals surface area contributed by atoms with Crippen molar-refractivity contribution in [2.75, 3.05) is 0 Å². The Kier molecular flexibility index (Phi) is 2.19. The van der Waals surface area contributed by atoms with Crippen molar-refractivity contribution in [2.45, 2.75) is 50.5 Å². The quantitative estimate of drug-likeness (QED) is 0.794.